The summed E-state index contributed by atoms with van der Waals surface area (Å²) in [7, 11) is 0. The predicted octanol–water partition coefficient (Wildman–Crippen LogP) is 3.00. The Hall–Kier alpha value is -2.82. The number of carboxylic acids is 1. The van der Waals surface area contributed by atoms with E-state index < -0.39 is 5.97 Å². The fourth-order valence-corrected chi connectivity index (χ4v) is 2.63. The number of hydrogen-bond acceptors (Lipinski definition) is 3. The minimum absolute atomic E-state index is 0.0421. The molecular formula is C16H15N3O2. The quantitative estimate of drug-likeness (QED) is 0.773. The average molecular weight is 281 g/mol. The molecule has 0 radical (unpaired) electrons. The monoisotopic (exact) mass is 281 g/mol. The summed E-state index contributed by atoms with van der Waals surface area (Å²) in [5.74, 6) is -0.426. The van der Waals surface area contributed by atoms with Crippen molar-refractivity contribution < 1.29 is 9.90 Å². The number of carboxylic acid groups (broad SMARTS) is 1. The average Bonchev–Trinajstić information content (AvgIpc) is 2.83. The molecule has 1 heterocycles. The van der Waals surface area contributed by atoms with Gasteiger partial charge in [0.05, 0.1) is 0 Å². The normalized spacial score (nSPS) is 10.9. The van der Waals surface area contributed by atoms with E-state index in [1.807, 2.05) is 49.4 Å². The van der Waals surface area contributed by atoms with Crippen molar-refractivity contribution in [3.63, 3.8) is 0 Å². The lowest BCUT2D eigenvalue weighted by Crippen LogP contribution is -2.10. The first-order chi connectivity index (χ1) is 10.1. The number of anilines is 1. The van der Waals surface area contributed by atoms with E-state index in [0.29, 0.717) is 12.4 Å². The van der Waals surface area contributed by atoms with Gasteiger partial charge < -0.3 is 15.4 Å². The zero-order valence-electron chi connectivity index (χ0n) is 11.6. The van der Waals surface area contributed by atoms with E-state index in [9.17, 15) is 9.90 Å². The topological polar surface area (TPSA) is 81.1 Å². The number of imidazole rings is 1. The summed E-state index contributed by atoms with van der Waals surface area (Å²) in [5.41, 5.74) is 6.71. The van der Waals surface area contributed by atoms with Crippen molar-refractivity contribution in [1.82, 2.24) is 9.55 Å². The zero-order chi connectivity index (χ0) is 15.0. The van der Waals surface area contributed by atoms with E-state index in [1.54, 1.807) is 4.57 Å². The SMILES string of the molecule is CCn1c(-c2cccc3ccccc23)nc(N)c1C(=O)O. The van der Waals surface area contributed by atoms with Gasteiger partial charge in [0.25, 0.3) is 0 Å². The van der Waals surface area contributed by atoms with Crippen LogP contribution in [0.3, 0.4) is 0 Å². The highest BCUT2D eigenvalue weighted by Gasteiger charge is 2.21. The Labute approximate surface area is 121 Å². The van der Waals surface area contributed by atoms with Crippen molar-refractivity contribution in [2.45, 2.75) is 13.5 Å². The summed E-state index contributed by atoms with van der Waals surface area (Å²) in [6.07, 6.45) is 0. The minimum Gasteiger partial charge on any atom is -0.476 e. The fourth-order valence-electron chi connectivity index (χ4n) is 2.63. The van der Waals surface area contributed by atoms with Gasteiger partial charge in [-0.1, -0.05) is 42.5 Å². The molecule has 0 unspecified atom stereocenters. The minimum atomic E-state index is -1.06. The Morgan fingerprint density at radius 1 is 1.24 bits per heavy atom. The molecule has 3 N–H and O–H groups in total. The first kappa shape index (κ1) is 13.2. The van der Waals surface area contributed by atoms with E-state index in [0.717, 1.165) is 16.3 Å². The largest absolute Gasteiger partial charge is 0.476 e. The molecule has 0 bridgehead atoms. The van der Waals surface area contributed by atoms with E-state index >= 15 is 0 Å². The third kappa shape index (κ3) is 2.03. The molecule has 0 aliphatic rings. The lowest BCUT2D eigenvalue weighted by atomic mass is 10.0. The molecule has 0 atom stereocenters. The van der Waals surface area contributed by atoms with Crippen LogP contribution in [0.15, 0.2) is 42.5 Å². The second kappa shape index (κ2) is 4.94. The summed E-state index contributed by atoms with van der Waals surface area (Å²) in [6.45, 7) is 2.37. The molecule has 106 valence electrons. The first-order valence-electron chi connectivity index (χ1n) is 6.71. The van der Waals surface area contributed by atoms with Crippen molar-refractivity contribution in [2.24, 2.45) is 0 Å². The number of nitrogens with two attached hydrogens (primary N) is 1. The van der Waals surface area contributed by atoms with Crippen LogP contribution in [0, 0.1) is 0 Å². The van der Waals surface area contributed by atoms with Crippen LogP contribution in [0.2, 0.25) is 0 Å². The molecule has 2 aromatic carbocycles. The molecule has 5 heteroatoms. The highest BCUT2D eigenvalue weighted by molar-refractivity contribution is 5.97. The molecule has 0 saturated heterocycles. The number of nitrogen functional groups attached to an aromatic ring is 1. The van der Waals surface area contributed by atoms with Gasteiger partial charge in [0.1, 0.15) is 5.82 Å². The second-order valence-electron chi connectivity index (χ2n) is 4.75. The third-order valence-electron chi connectivity index (χ3n) is 3.54. The maximum Gasteiger partial charge on any atom is 0.356 e. The highest BCUT2D eigenvalue weighted by atomic mass is 16.4. The Bertz CT molecular complexity index is 831. The molecule has 5 nitrogen and oxygen atoms in total. The summed E-state index contributed by atoms with van der Waals surface area (Å²) in [4.78, 5) is 15.7. The van der Waals surface area contributed by atoms with Crippen molar-refractivity contribution in [3.05, 3.63) is 48.2 Å². The van der Waals surface area contributed by atoms with Gasteiger partial charge in [-0.05, 0) is 17.7 Å². The number of nitrogens with zero attached hydrogens (tertiary/aromatic N) is 2. The summed E-state index contributed by atoms with van der Waals surface area (Å²) in [5, 5.41) is 11.4. The Kier molecular flexibility index (Phi) is 3.10. The van der Waals surface area contributed by atoms with Crippen LogP contribution in [-0.4, -0.2) is 20.6 Å². The van der Waals surface area contributed by atoms with Crippen LogP contribution in [0.25, 0.3) is 22.2 Å². The molecule has 0 saturated carbocycles. The maximum absolute atomic E-state index is 11.4. The van der Waals surface area contributed by atoms with Gasteiger partial charge in [0, 0.05) is 12.1 Å². The smallest absolute Gasteiger partial charge is 0.356 e. The highest BCUT2D eigenvalue weighted by Crippen LogP contribution is 2.30. The number of hydrogen-bond donors (Lipinski definition) is 2. The molecule has 1 aromatic heterocycles. The van der Waals surface area contributed by atoms with Crippen LogP contribution in [0.1, 0.15) is 17.4 Å². The van der Waals surface area contributed by atoms with Gasteiger partial charge in [0.2, 0.25) is 0 Å². The fraction of sp³-hybridized carbons (Fsp3) is 0.125. The van der Waals surface area contributed by atoms with Crippen LogP contribution in [-0.2, 0) is 6.54 Å². The number of aromatic nitrogens is 2. The van der Waals surface area contributed by atoms with Crippen LogP contribution in [0.4, 0.5) is 5.82 Å². The standard InChI is InChI=1S/C16H15N3O2/c1-2-19-13(16(20)21)14(17)18-15(19)12-9-5-7-10-6-3-4-8-11(10)12/h3-9H,2,17H2,1H3,(H,20,21). The van der Waals surface area contributed by atoms with Gasteiger partial charge in [-0.2, -0.15) is 0 Å². The Morgan fingerprint density at radius 3 is 2.67 bits per heavy atom. The van der Waals surface area contributed by atoms with E-state index in [4.69, 9.17) is 5.73 Å². The van der Waals surface area contributed by atoms with Crippen molar-refractivity contribution >= 4 is 22.6 Å². The van der Waals surface area contributed by atoms with Gasteiger partial charge in [-0.3, -0.25) is 0 Å². The van der Waals surface area contributed by atoms with Gasteiger partial charge in [-0.25, -0.2) is 9.78 Å². The van der Waals surface area contributed by atoms with E-state index in [2.05, 4.69) is 4.98 Å². The molecule has 3 aromatic rings. The molecule has 0 fully saturated rings. The third-order valence-corrected chi connectivity index (χ3v) is 3.54. The maximum atomic E-state index is 11.4. The van der Waals surface area contributed by atoms with Crippen molar-refractivity contribution in [1.29, 1.82) is 0 Å². The van der Waals surface area contributed by atoms with E-state index in [1.165, 1.54) is 0 Å². The molecule has 3 rings (SSSR count). The van der Waals surface area contributed by atoms with Gasteiger partial charge >= 0.3 is 5.97 Å². The molecule has 0 spiro atoms. The Morgan fingerprint density at radius 2 is 1.95 bits per heavy atom. The molecule has 21 heavy (non-hydrogen) atoms. The number of fused-ring (bicyclic) bond motifs is 1. The van der Waals surface area contributed by atoms with Crippen LogP contribution < -0.4 is 5.73 Å². The predicted molar refractivity (Wildman–Crippen MR) is 82.2 cm³/mol. The lowest BCUT2D eigenvalue weighted by molar-refractivity contribution is 0.0686. The number of rotatable bonds is 3. The zero-order valence-corrected chi connectivity index (χ0v) is 11.6. The van der Waals surface area contributed by atoms with Crippen molar-refractivity contribution in [2.75, 3.05) is 5.73 Å². The first-order valence-corrected chi connectivity index (χ1v) is 6.71. The van der Waals surface area contributed by atoms with Gasteiger partial charge in [-0.15, -0.1) is 0 Å². The summed E-state index contributed by atoms with van der Waals surface area (Å²) < 4.78 is 1.64. The van der Waals surface area contributed by atoms with Gasteiger partial charge in [0.15, 0.2) is 11.5 Å². The van der Waals surface area contributed by atoms with E-state index in [-0.39, 0.29) is 11.5 Å². The molecule has 0 aliphatic heterocycles. The van der Waals surface area contributed by atoms with Crippen molar-refractivity contribution in [3.8, 4) is 11.4 Å². The van der Waals surface area contributed by atoms with Crippen LogP contribution >= 0.6 is 0 Å². The lowest BCUT2D eigenvalue weighted by Gasteiger charge is -2.09. The Balaban J connectivity index is 2.34. The molecule has 0 aliphatic carbocycles. The molecule has 0 amide bonds. The number of carbonyl (C=O) groups is 1. The summed E-state index contributed by atoms with van der Waals surface area (Å²) >= 11 is 0. The number of aromatic carboxylic acids is 1. The van der Waals surface area contributed by atoms with Crippen LogP contribution in [0.5, 0.6) is 0 Å². The summed E-state index contributed by atoms with van der Waals surface area (Å²) in [6, 6.07) is 13.8. The second-order valence-corrected chi connectivity index (χ2v) is 4.75. The number of benzene rings is 2. The molecular weight excluding hydrogens is 266 g/mol.